The Kier molecular flexibility index (Phi) is 27.5. The number of nitrogens with two attached hydrogens (primary N) is 1. The van der Waals surface area contributed by atoms with E-state index in [0.29, 0.717) is 74.0 Å². The molecule has 12 atom stereocenters. The van der Waals surface area contributed by atoms with Gasteiger partial charge in [-0.3, -0.25) is 23.5 Å². The Hall–Kier alpha value is -8.44. The number of nitrogens with one attached hydrogen (secondary N) is 5. The number of amides is 5. The summed E-state index contributed by atoms with van der Waals surface area (Å²) in [7, 11) is -3.79. The van der Waals surface area contributed by atoms with Gasteiger partial charge in [-0.1, -0.05) is 67.5 Å². The maximum Gasteiger partial charge on any atom is 0.408 e. The van der Waals surface area contributed by atoms with Crippen molar-refractivity contribution < 1.29 is 81.2 Å². The minimum atomic E-state index is -3.84. The first-order valence-corrected chi connectivity index (χ1v) is 44.3. The normalized spacial score (nSPS) is 23.8. The van der Waals surface area contributed by atoms with Gasteiger partial charge in [0.25, 0.3) is 0 Å². The van der Waals surface area contributed by atoms with E-state index in [-0.39, 0.29) is 74.9 Å². The number of benzene rings is 2. The van der Waals surface area contributed by atoms with Crippen molar-refractivity contribution >= 4 is 105 Å². The third-order valence-electron chi connectivity index (χ3n) is 21.5. The van der Waals surface area contributed by atoms with Gasteiger partial charge in [0.1, 0.15) is 93.5 Å². The quantitative estimate of drug-likeness (QED) is 0.0171. The van der Waals surface area contributed by atoms with Gasteiger partial charge in [-0.2, -0.15) is 0 Å². The van der Waals surface area contributed by atoms with Crippen molar-refractivity contribution in [2.24, 2.45) is 28.4 Å². The van der Waals surface area contributed by atoms with E-state index in [1.165, 1.54) is 32.5 Å². The molecule has 113 heavy (non-hydrogen) atoms. The molecule has 6 aliphatic rings. The lowest BCUT2D eigenvalue weighted by Crippen LogP contribution is -2.58. The first kappa shape index (κ1) is 87.0. The zero-order valence-electron chi connectivity index (χ0n) is 67.1. The number of methoxy groups -OCH3 is 2. The molecule has 6 aromatic rings. The average molecular weight is 1640 g/mol. The number of carboxylic acids is 1. The number of thiazole rings is 2. The van der Waals surface area contributed by atoms with Crippen LogP contribution in [-0.2, 0) is 37.8 Å². The highest BCUT2D eigenvalue weighted by Gasteiger charge is 2.65. The number of aromatic nitrogens is 4. The van der Waals surface area contributed by atoms with Gasteiger partial charge in [0.15, 0.2) is 10.3 Å². The number of aliphatic carboxylic acids is 1. The van der Waals surface area contributed by atoms with E-state index in [0.717, 1.165) is 61.6 Å². The van der Waals surface area contributed by atoms with Crippen molar-refractivity contribution in [1.82, 2.24) is 45.7 Å². The summed E-state index contributed by atoms with van der Waals surface area (Å²) in [4.78, 5) is 124. The van der Waals surface area contributed by atoms with Crippen molar-refractivity contribution in [2.45, 2.75) is 231 Å². The number of carbonyl (C=O) groups is 6. The molecular weight excluding hydrogens is 1530 g/mol. The first-order valence-electron chi connectivity index (χ1n) is 38.8. The SMILES string of the molecule is C=C[C@@H]1C[C@]1(N)P(=O)(O)CC.C=C[C@@H]1C[C@]1(NC(=O)[C@@H]1C[C@@H](Oc2cc(-c3csc(NC(C)C)n3)nc3cc(OC)ccc23)CN1C(=O)[C@@H](NC(=O)OC1CCCC1)C(C)(C)C)P(=O)(O)CC.COc1ccc2c(O[C@@H]3C[C@@H](C(=O)O)N(C(=O)[C@@H](NC(=O)OC4CCCC4)C(C)(C)C)C3)cc(-c3csc(NC(C)C)n3)nc2c1. The van der Waals surface area contributed by atoms with Crippen molar-refractivity contribution in [3.05, 3.63) is 84.6 Å². The van der Waals surface area contributed by atoms with Crippen LogP contribution in [0.15, 0.2) is 84.6 Å². The van der Waals surface area contributed by atoms with Crippen molar-refractivity contribution in [3.63, 3.8) is 0 Å². The molecule has 33 heteroatoms. The van der Waals surface area contributed by atoms with Gasteiger partial charge in [-0.05, 0) is 127 Å². The Morgan fingerprint density at radius 3 is 1.39 bits per heavy atom. The van der Waals surface area contributed by atoms with Gasteiger partial charge in [0.2, 0.25) is 32.5 Å². The molecule has 4 saturated carbocycles. The molecule has 6 fully saturated rings. The highest BCUT2D eigenvalue weighted by molar-refractivity contribution is 7.60. The monoisotopic (exact) mass is 1640 g/mol. The highest BCUT2D eigenvalue weighted by atomic mass is 32.1. The molecule has 12 rings (SSSR count). The Morgan fingerprint density at radius 2 is 1.03 bits per heavy atom. The number of alkyl carbamates (subject to hydrolysis) is 2. The van der Waals surface area contributed by atoms with Crippen LogP contribution in [-0.4, -0.2) is 191 Å². The third-order valence-corrected chi connectivity index (χ3v) is 28.5. The number of fused-ring (bicyclic) bond motifs is 2. The van der Waals surface area contributed by atoms with Crippen LogP contribution in [0.25, 0.3) is 44.6 Å². The van der Waals surface area contributed by atoms with Gasteiger partial charge >= 0.3 is 18.2 Å². The van der Waals surface area contributed by atoms with Crippen LogP contribution < -0.4 is 51.3 Å². The average Bonchev–Trinajstić information content (AvgIpc) is 1.56. The van der Waals surface area contributed by atoms with Crippen molar-refractivity contribution in [2.75, 3.05) is 50.3 Å². The van der Waals surface area contributed by atoms with E-state index >= 15 is 0 Å². The molecule has 616 valence electrons. The molecule has 2 aliphatic heterocycles. The van der Waals surface area contributed by atoms with Crippen molar-refractivity contribution in [3.8, 4) is 45.8 Å². The second kappa shape index (κ2) is 35.7. The Morgan fingerprint density at radius 1 is 0.611 bits per heavy atom. The molecule has 2 unspecified atom stereocenters. The van der Waals surface area contributed by atoms with Gasteiger partial charge < -0.3 is 85.4 Å². The van der Waals surface area contributed by atoms with E-state index < -0.39 is 114 Å². The number of carboxylic acid groups (broad SMARTS) is 1. The fraction of sp³-hybridized carbons (Fsp3) is 0.575. The van der Waals surface area contributed by atoms with E-state index in [1.54, 1.807) is 70.6 Å². The van der Waals surface area contributed by atoms with Gasteiger partial charge in [0, 0.05) is 94.9 Å². The largest absolute Gasteiger partial charge is 0.497 e. The number of ether oxygens (including phenoxy) is 6. The van der Waals surface area contributed by atoms with E-state index in [1.807, 2.05) is 98.2 Å². The molecule has 0 radical (unpaired) electrons. The maximum atomic E-state index is 14.7. The van der Waals surface area contributed by atoms with E-state index in [4.69, 9.17) is 54.1 Å². The topological polar surface area (TPSA) is 397 Å². The van der Waals surface area contributed by atoms with Gasteiger partial charge in [-0.15, -0.1) is 35.8 Å². The lowest BCUT2D eigenvalue weighted by Gasteiger charge is -2.35. The smallest absolute Gasteiger partial charge is 0.408 e. The third kappa shape index (κ3) is 20.4. The van der Waals surface area contributed by atoms with Crippen LogP contribution in [0, 0.1) is 22.7 Å². The molecule has 0 bridgehead atoms. The Balaban J connectivity index is 0.000000213. The number of pyridine rings is 2. The van der Waals surface area contributed by atoms with Crippen LogP contribution in [0.1, 0.15) is 160 Å². The van der Waals surface area contributed by atoms with Crippen LogP contribution in [0.3, 0.4) is 0 Å². The predicted octanol–water partition coefficient (Wildman–Crippen LogP) is 13.8. The van der Waals surface area contributed by atoms with Gasteiger partial charge in [0.05, 0.1) is 49.7 Å². The molecule has 0 spiro atoms. The number of hydrogen-bond donors (Lipinski definition) is 9. The van der Waals surface area contributed by atoms with Gasteiger partial charge in [-0.25, -0.2) is 34.3 Å². The first-order chi connectivity index (χ1) is 53.3. The van der Waals surface area contributed by atoms with Crippen LogP contribution in [0.4, 0.5) is 19.9 Å². The number of nitrogens with zero attached hydrogens (tertiary/aromatic N) is 6. The lowest BCUT2D eigenvalue weighted by atomic mass is 9.85. The number of likely N-dealkylation sites (tertiary alicyclic amines) is 2. The second-order valence-electron chi connectivity index (χ2n) is 32.8. The molecule has 4 aliphatic carbocycles. The van der Waals surface area contributed by atoms with E-state index in [9.17, 15) is 52.8 Å². The highest BCUT2D eigenvalue weighted by Crippen LogP contribution is 2.69. The number of anilines is 2. The molecule has 6 heterocycles. The molecule has 2 saturated heterocycles. The molecule has 4 aromatic heterocycles. The zero-order valence-corrected chi connectivity index (χ0v) is 70.5. The van der Waals surface area contributed by atoms with Crippen LogP contribution >= 0.6 is 37.4 Å². The number of carbonyl (C=O) groups excluding carboxylic acids is 5. The summed E-state index contributed by atoms with van der Waals surface area (Å²) in [5, 5.41) is 29.8. The second-order valence-corrected chi connectivity index (χ2v) is 40.2. The molecular formula is C80H112N12O17P2S2. The predicted molar refractivity (Wildman–Crippen MR) is 438 cm³/mol. The van der Waals surface area contributed by atoms with Crippen LogP contribution in [0.5, 0.6) is 23.0 Å². The fourth-order valence-electron chi connectivity index (χ4n) is 14.9. The fourth-order valence-corrected chi connectivity index (χ4v) is 20.2. The Labute approximate surface area is 669 Å². The standard InChI is InChI=1S/C40H55N6O8PS.C33H43N5O7S.C7H14NO2P/c1-9-24-20-40(24,55(50,51)10-2)45-35(47)32-18-27(21-46(32)36(48)34(39(5,6)7)44-38(49)54-25-13-11-12-14-25)53-33-19-30(31-22-56-37(43-31)41-23(3)4)42-29-17-26(52-8)15-16-28(29)33;1-18(2)34-31-36-25(17-46-31)24-15-27(22-12-11-20(43-6)13-23(22)35-24)44-21-14-26(30(40)41)38(16-21)29(39)28(33(3,4)5)37-32(42)45-19-9-7-8-10-19;1-3-6-5-7(6,8)11(9,10)4-2/h9,15-17,19,22-25,27,32,34H,1,10-14,18,20-21H2,2-8H3,(H,41,43)(H,44,49)(H,45,47)(H,50,51);11-13,15,17-19,21,26,28H,7-10,14,16H2,1-6H3,(H,34,36)(H,37,42)(H,40,41);3,6H,1,4-5,8H2,2H3,(H,9,10)/t24-,27-,32+,34-,40+;21-,26+,28-;6-,7+/m111/s1. The summed E-state index contributed by atoms with van der Waals surface area (Å²) in [5.74, 6) is -0.858. The van der Waals surface area contributed by atoms with E-state index in [2.05, 4.69) is 39.7 Å². The summed E-state index contributed by atoms with van der Waals surface area (Å²) in [6, 6.07) is 10.6. The minimum Gasteiger partial charge on any atom is -0.497 e. The Bertz CT molecular complexity index is 4570. The molecule has 10 N–H and O–H groups in total. The molecule has 5 amide bonds. The molecule has 2 aromatic carbocycles. The zero-order chi connectivity index (χ0) is 82.4. The number of rotatable bonds is 27. The minimum absolute atomic E-state index is 0.000233. The van der Waals surface area contributed by atoms with Crippen molar-refractivity contribution in [1.29, 1.82) is 0 Å². The lowest BCUT2D eigenvalue weighted by molar-refractivity contribution is -0.150. The summed E-state index contributed by atoms with van der Waals surface area (Å²) in [5.41, 5.74) is 7.91. The summed E-state index contributed by atoms with van der Waals surface area (Å²) >= 11 is 2.94. The summed E-state index contributed by atoms with van der Waals surface area (Å²) in [6.07, 6.45) is 8.51. The summed E-state index contributed by atoms with van der Waals surface area (Å²) in [6.45, 7) is 29.8. The number of hydrogen-bond acceptors (Lipinski definition) is 23. The molecule has 29 nitrogen and oxygen atoms in total. The maximum absolute atomic E-state index is 14.7. The van der Waals surface area contributed by atoms with Crippen LogP contribution in [0.2, 0.25) is 0 Å². The summed E-state index contributed by atoms with van der Waals surface area (Å²) < 4.78 is 60.3.